The van der Waals surface area contributed by atoms with Crippen LogP contribution in [0.3, 0.4) is 0 Å². The summed E-state index contributed by atoms with van der Waals surface area (Å²) in [4.78, 5) is 8.18. The number of aliphatic hydroxyl groups is 1. The first-order valence-electron chi connectivity index (χ1n) is 9.83. The summed E-state index contributed by atoms with van der Waals surface area (Å²) in [6.45, 7) is 6.94. The zero-order valence-corrected chi connectivity index (χ0v) is 19.0. The maximum absolute atomic E-state index is 14.2. The molecule has 0 unspecified atom stereocenters. The predicted octanol–water partition coefficient (Wildman–Crippen LogP) is 3.30. The first kappa shape index (κ1) is 23.0. The Morgan fingerprint density at radius 1 is 1.29 bits per heavy atom. The SMILES string of the molecule is COc1cc2ncc(-c3cc(F)nc(NCC[C@@H](C)O)c3)n2cc1S(=O)(=O)C(C)(C)C. The van der Waals surface area contributed by atoms with Gasteiger partial charge in [0.25, 0.3) is 0 Å². The highest BCUT2D eigenvalue weighted by Gasteiger charge is 2.34. The Bertz CT molecular complexity index is 1200. The predicted molar refractivity (Wildman–Crippen MR) is 117 cm³/mol. The second-order valence-corrected chi connectivity index (χ2v) is 11.0. The Morgan fingerprint density at radius 2 is 2.00 bits per heavy atom. The summed E-state index contributed by atoms with van der Waals surface area (Å²) in [6, 6.07) is 4.45. The van der Waals surface area contributed by atoms with Crippen molar-refractivity contribution in [1.82, 2.24) is 14.4 Å². The van der Waals surface area contributed by atoms with Crippen molar-refractivity contribution in [2.45, 2.75) is 49.9 Å². The van der Waals surface area contributed by atoms with Gasteiger partial charge < -0.3 is 15.2 Å². The van der Waals surface area contributed by atoms with Crippen molar-refractivity contribution in [2.75, 3.05) is 19.0 Å². The number of rotatable bonds is 7. The molecule has 10 heteroatoms. The van der Waals surface area contributed by atoms with Gasteiger partial charge in [-0.15, -0.1) is 0 Å². The molecule has 8 nitrogen and oxygen atoms in total. The van der Waals surface area contributed by atoms with Crippen molar-refractivity contribution in [3.8, 4) is 17.0 Å². The largest absolute Gasteiger partial charge is 0.495 e. The minimum Gasteiger partial charge on any atom is -0.495 e. The number of hydrogen-bond acceptors (Lipinski definition) is 7. The first-order chi connectivity index (χ1) is 14.4. The Morgan fingerprint density at radius 3 is 2.61 bits per heavy atom. The van der Waals surface area contributed by atoms with E-state index < -0.39 is 26.6 Å². The molecule has 3 rings (SSSR count). The monoisotopic (exact) mass is 450 g/mol. The van der Waals surface area contributed by atoms with Crippen LogP contribution in [0.25, 0.3) is 16.9 Å². The molecule has 0 saturated carbocycles. The quantitative estimate of drug-likeness (QED) is 0.532. The fourth-order valence-electron chi connectivity index (χ4n) is 3.04. The van der Waals surface area contributed by atoms with Gasteiger partial charge in [0.05, 0.1) is 29.9 Å². The van der Waals surface area contributed by atoms with Crippen molar-refractivity contribution in [2.24, 2.45) is 0 Å². The zero-order chi connectivity index (χ0) is 23.0. The Balaban J connectivity index is 2.12. The third-order valence-corrected chi connectivity index (χ3v) is 7.35. The highest BCUT2D eigenvalue weighted by molar-refractivity contribution is 7.92. The van der Waals surface area contributed by atoms with Crippen LogP contribution in [0.2, 0.25) is 0 Å². The van der Waals surface area contributed by atoms with E-state index in [-0.39, 0.29) is 10.6 Å². The zero-order valence-electron chi connectivity index (χ0n) is 18.2. The van der Waals surface area contributed by atoms with Gasteiger partial charge in [-0.25, -0.2) is 18.4 Å². The molecule has 168 valence electrons. The van der Waals surface area contributed by atoms with Crippen LogP contribution < -0.4 is 10.1 Å². The van der Waals surface area contributed by atoms with Gasteiger partial charge in [0, 0.05) is 30.4 Å². The smallest absolute Gasteiger partial charge is 0.215 e. The van der Waals surface area contributed by atoms with Crippen LogP contribution in [0.15, 0.2) is 35.5 Å². The van der Waals surface area contributed by atoms with Crippen LogP contribution >= 0.6 is 0 Å². The fourth-order valence-corrected chi connectivity index (χ4v) is 4.35. The van der Waals surface area contributed by atoms with Crippen molar-refractivity contribution in [3.05, 3.63) is 36.5 Å². The number of imidazole rings is 1. The molecule has 0 aromatic carbocycles. The summed E-state index contributed by atoms with van der Waals surface area (Å²) in [6.07, 6.45) is 2.99. The number of sulfone groups is 1. The van der Waals surface area contributed by atoms with Gasteiger partial charge in [0.1, 0.15) is 22.1 Å². The summed E-state index contributed by atoms with van der Waals surface area (Å²) >= 11 is 0. The number of fused-ring (bicyclic) bond motifs is 1. The Hall–Kier alpha value is -2.72. The van der Waals surface area contributed by atoms with E-state index in [0.29, 0.717) is 35.7 Å². The van der Waals surface area contributed by atoms with Crippen molar-refractivity contribution in [1.29, 1.82) is 0 Å². The molecule has 0 bridgehead atoms. The number of pyridine rings is 2. The maximum Gasteiger partial charge on any atom is 0.215 e. The number of nitrogens with zero attached hydrogens (tertiary/aromatic N) is 3. The summed E-state index contributed by atoms with van der Waals surface area (Å²) in [7, 11) is -2.32. The molecule has 0 aliphatic rings. The molecule has 0 spiro atoms. The molecule has 2 N–H and O–H groups in total. The van der Waals surface area contributed by atoms with Gasteiger partial charge in [0.2, 0.25) is 5.95 Å². The lowest BCUT2D eigenvalue weighted by Gasteiger charge is -2.21. The second-order valence-electron chi connectivity index (χ2n) is 8.32. The third-order valence-electron chi connectivity index (χ3n) is 4.85. The lowest BCUT2D eigenvalue weighted by atomic mass is 10.2. The normalized spacial score (nSPS) is 13.4. The molecule has 0 amide bonds. The molecule has 3 heterocycles. The average Bonchev–Trinajstić information content (AvgIpc) is 3.08. The van der Waals surface area contributed by atoms with Crippen molar-refractivity contribution < 1.29 is 22.7 Å². The number of aromatic nitrogens is 3. The first-order valence-corrected chi connectivity index (χ1v) is 11.3. The fraction of sp³-hybridized carbons (Fsp3) is 0.429. The Labute approximate surface area is 181 Å². The van der Waals surface area contributed by atoms with Crippen LogP contribution in [-0.4, -0.2) is 52.4 Å². The summed E-state index contributed by atoms with van der Waals surface area (Å²) in [5.41, 5.74) is 1.44. The van der Waals surface area contributed by atoms with Gasteiger partial charge in [0.15, 0.2) is 9.84 Å². The number of aliphatic hydroxyl groups excluding tert-OH is 1. The van der Waals surface area contributed by atoms with Gasteiger partial charge in [-0.2, -0.15) is 4.39 Å². The number of methoxy groups -OCH3 is 1. The highest BCUT2D eigenvalue weighted by atomic mass is 32.2. The molecule has 0 aliphatic heterocycles. The van der Waals surface area contributed by atoms with E-state index in [9.17, 15) is 17.9 Å². The molecule has 0 radical (unpaired) electrons. The van der Waals surface area contributed by atoms with E-state index in [4.69, 9.17) is 4.74 Å². The molecule has 3 aromatic heterocycles. The van der Waals surface area contributed by atoms with Crippen LogP contribution in [0.5, 0.6) is 5.75 Å². The minimum atomic E-state index is -3.72. The number of anilines is 1. The molecule has 3 aromatic rings. The molecule has 31 heavy (non-hydrogen) atoms. The number of ether oxygens (including phenoxy) is 1. The maximum atomic E-state index is 14.2. The van der Waals surface area contributed by atoms with Gasteiger partial charge >= 0.3 is 0 Å². The lowest BCUT2D eigenvalue weighted by Crippen LogP contribution is -2.28. The Kier molecular flexibility index (Phi) is 6.24. The molecule has 0 saturated heterocycles. The molecule has 0 aliphatic carbocycles. The van der Waals surface area contributed by atoms with E-state index in [1.54, 1.807) is 44.2 Å². The number of halogens is 1. The van der Waals surface area contributed by atoms with Gasteiger partial charge in [-0.1, -0.05) is 0 Å². The van der Waals surface area contributed by atoms with Gasteiger partial charge in [-0.05, 0) is 40.2 Å². The van der Waals surface area contributed by atoms with Gasteiger partial charge in [-0.3, -0.25) is 4.40 Å². The lowest BCUT2D eigenvalue weighted by molar-refractivity contribution is 0.188. The van der Waals surface area contributed by atoms with E-state index in [2.05, 4.69) is 15.3 Å². The summed E-state index contributed by atoms with van der Waals surface area (Å²) < 4.78 is 46.3. The highest BCUT2D eigenvalue weighted by Crippen LogP contribution is 2.34. The number of nitrogens with one attached hydrogen (secondary N) is 1. The van der Waals surface area contributed by atoms with Crippen LogP contribution in [-0.2, 0) is 9.84 Å². The molecular formula is C21H27FN4O4S. The van der Waals surface area contributed by atoms with Crippen molar-refractivity contribution in [3.63, 3.8) is 0 Å². The second kappa shape index (κ2) is 8.43. The topological polar surface area (TPSA) is 106 Å². The van der Waals surface area contributed by atoms with E-state index >= 15 is 0 Å². The van der Waals surface area contributed by atoms with E-state index in [1.165, 1.54) is 25.6 Å². The summed E-state index contributed by atoms with van der Waals surface area (Å²) in [5, 5.41) is 12.4. The third kappa shape index (κ3) is 4.64. The molecular weight excluding hydrogens is 423 g/mol. The molecule has 1 atom stereocenters. The average molecular weight is 451 g/mol. The van der Waals surface area contributed by atoms with Crippen LogP contribution in [0, 0.1) is 5.95 Å². The van der Waals surface area contributed by atoms with Crippen LogP contribution in [0.4, 0.5) is 10.2 Å². The van der Waals surface area contributed by atoms with E-state index in [1.807, 2.05) is 0 Å². The van der Waals surface area contributed by atoms with Crippen molar-refractivity contribution >= 4 is 21.3 Å². The van der Waals surface area contributed by atoms with E-state index in [0.717, 1.165) is 0 Å². The van der Waals surface area contributed by atoms with Crippen LogP contribution in [0.1, 0.15) is 34.1 Å². The summed E-state index contributed by atoms with van der Waals surface area (Å²) in [5.74, 6) is -0.189. The minimum absolute atomic E-state index is 0.0269. The standard InChI is InChI=1S/C21H27FN4O4S/c1-13(27)6-7-23-19-9-14(8-18(22)25-19)15-11-24-20-10-16(30-5)17(12-26(15)20)31(28,29)21(2,3)4/h8-13,27H,6-7H2,1-5H3,(H,23,25)/t13-/m1/s1. The number of hydrogen-bond donors (Lipinski definition) is 2. The molecule has 0 fully saturated rings.